The van der Waals surface area contributed by atoms with E-state index in [1.165, 1.54) is 77.3 Å². The van der Waals surface area contributed by atoms with Crippen molar-refractivity contribution in [1.82, 2.24) is 71.9 Å². The number of aromatic nitrogens is 11. The van der Waals surface area contributed by atoms with Gasteiger partial charge in [0.15, 0.2) is 57.6 Å². The Labute approximate surface area is 816 Å². The molecule has 0 spiro atoms. The van der Waals surface area contributed by atoms with Crippen LogP contribution in [0.4, 0.5) is 37.2 Å². The third kappa shape index (κ3) is 20.2. The van der Waals surface area contributed by atoms with Crippen LogP contribution in [0.2, 0.25) is 0 Å². The minimum Gasteiger partial charge on any atom is -0.494 e. The lowest BCUT2D eigenvalue weighted by Crippen LogP contribution is -2.50. The minimum atomic E-state index is -0.450. The molecule has 24 rings (SSSR count). The molecule has 0 radical (unpaired) electrons. The number of fused-ring (bicyclic) bond motifs is 9. The number of ether oxygens (including phenoxy) is 4. The smallest absolute Gasteiger partial charge is 0.258 e. The summed E-state index contributed by atoms with van der Waals surface area (Å²) >= 11 is 0. The monoisotopic (exact) mass is 1920 g/mol. The summed E-state index contributed by atoms with van der Waals surface area (Å²) in [5.74, 6) is 1.79. The van der Waals surface area contributed by atoms with E-state index in [1.54, 1.807) is 91.0 Å². The number of oxazole rings is 2. The number of piperidine rings is 1. The molecule has 0 aliphatic carbocycles. The summed E-state index contributed by atoms with van der Waals surface area (Å²) < 4.78 is 67.9. The zero-order valence-corrected chi connectivity index (χ0v) is 80.7. The number of halogens is 2. The zero-order valence-electron chi connectivity index (χ0n) is 80.7. The molecule has 142 heavy (non-hydrogen) atoms. The molecule has 13 aromatic heterocycles. The fourth-order valence-electron chi connectivity index (χ4n) is 20.3. The number of methoxy groups -OCH3 is 4. The van der Waals surface area contributed by atoms with Gasteiger partial charge in [-0.05, 0) is 216 Å². The van der Waals surface area contributed by atoms with Crippen molar-refractivity contribution in [2.45, 2.75) is 83.0 Å². The number of anilines is 5. The number of benzene rings is 4. The molecule has 730 valence electrons. The lowest BCUT2D eigenvalue weighted by molar-refractivity contribution is 0.231. The van der Waals surface area contributed by atoms with Crippen LogP contribution in [-0.4, -0.2) is 238 Å². The molecule has 3 atom stereocenters. The Morgan fingerprint density at radius 1 is 0.366 bits per heavy atom. The number of rotatable bonds is 15. The van der Waals surface area contributed by atoms with Crippen LogP contribution in [0.3, 0.4) is 0 Å². The molecular formula is C108H113F2N21O11. The van der Waals surface area contributed by atoms with E-state index in [9.17, 15) is 32.8 Å². The van der Waals surface area contributed by atoms with Gasteiger partial charge >= 0.3 is 0 Å². The first-order valence-corrected chi connectivity index (χ1v) is 48.3. The summed E-state index contributed by atoms with van der Waals surface area (Å²) in [6.07, 6.45) is 19.2. The second-order valence-corrected chi connectivity index (χ2v) is 37.2. The van der Waals surface area contributed by atoms with E-state index >= 15 is 0 Å². The standard InChI is InChI=1S/2C23H23N5O2.C22H24FN3O2.C21H22FN3O2.C19H21N5O3/c2*1-15-24-19-6-4-16(11-21(19)30-15)20-12-23(29)28-14-18(5-7-22(28)25-20)27-10-9-26-8-2-3-17(26)13-27;1-24(2)18-8-9-25(13-18)19-6-5-17-10-16(12-22(27)26(17)14-19)15-4-7-21(28-3)20(23)11-15;1-27-20-5-2-14(11-19(20)22)15-10-17-3-4-18(13-25(17)21(26)12-15)24-8-6-16(23)7-9-24;1-26-16-9-14(21-11-17(16)27-2)15-10-19(25)24-12-13(3-4-18(24)22-15)23-7-5-20-6-8-23/h2*4-7,11-12,14,17H,2-3,8-10,13H2,1H3;4-7,10-12,14,18H,8-9,13H2,1-3H3;2-5,10-13,16H,6-9,23H2,1H3;3-4,9-12,20H,5-8H2,1-2H3/t2*17-;;;/m10.../s1. The van der Waals surface area contributed by atoms with Crippen LogP contribution in [0.15, 0.2) is 252 Å². The van der Waals surface area contributed by atoms with Crippen molar-refractivity contribution in [2.75, 3.05) is 172 Å². The van der Waals surface area contributed by atoms with Gasteiger partial charge in [0.25, 0.3) is 27.8 Å². The van der Waals surface area contributed by atoms with Crippen LogP contribution in [0, 0.1) is 25.5 Å². The van der Waals surface area contributed by atoms with Crippen LogP contribution in [0.1, 0.15) is 56.7 Å². The molecule has 7 aliphatic heterocycles. The topological polar surface area (TPSA) is 312 Å². The maximum Gasteiger partial charge on any atom is 0.258 e. The van der Waals surface area contributed by atoms with E-state index < -0.39 is 11.6 Å². The summed E-state index contributed by atoms with van der Waals surface area (Å²) in [5, 5.41) is 3.33. The quantitative estimate of drug-likeness (QED) is 0.0963. The number of nitrogens with two attached hydrogens (primary N) is 1. The van der Waals surface area contributed by atoms with E-state index in [0.717, 1.165) is 173 Å². The van der Waals surface area contributed by atoms with E-state index in [0.29, 0.717) is 115 Å². The molecule has 17 aromatic rings. The number of nitrogens with zero attached hydrogens (tertiary/aromatic N) is 19. The van der Waals surface area contributed by atoms with Gasteiger partial charge in [0.2, 0.25) is 0 Å². The number of piperazine rings is 3. The molecule has 7 fully saturated rings. The highest BCUT2D eigenvalue weighted by Crippen LogP contribution is 2.36. The van der Waals surface area contributed by atoms with Crippen molar-refractivity contribution in [3.63, 3.8) is 0 Å². The highest BCUT2D eigenvalue weighted by molar-refractivity contribution is 5.82. The molecule has 34 heteroatoms. The van der Waals surface area contributed by atoms with Gasteiger partial charge in [0, 0.05) is 219 Å². The van der Waals surface area contributed by atoms with Crippen LogP contribution < -0.4 is 82.3 Å². The van der Waals surface area contributed by atoms with E-state index in [2.05, 4.69) is 90.7 Å². The molecule has 32 nitrogen and oxygen atoms in total. The SMILES string of the molecule is COc1ccc(-c2cc(=O)n3cc(N4CCC(N(C)C)C4)ccc3c2)cc1F.COc1ccc(-c2cc(=O)n3cc(N4CCC(N)CC4)ccc3c2)cc1F.COc1cnc(-c2cc(=O)n3cc(N4CCNCC4)ccc3n2)cc1OC.Cc1nc2ccc(-c3cc(=O)n4cc(N5CCN6CCC[C@@H]6C5)ccc4n3)cc2o1.Cc1nc2ccc(-c3cc(=O)n4cc(N5CCN6CCC[C@H]6C5)ccc4n3)cc2o1. The largest absolute Gasteiger partial charge is 0.494 e. The Hall–Kier alpha value is -15.2. The number of hydrogen-bond acceptors (Lipinski definition) is 27. The summed E-state index contributed by atoms with van der Waals surface area (Å²) in [6, 6.07) is 56.0. The lowest BCUT2D eigenvalue weighted by atomic mass is 10.0. The van der Waals surface area contributed by atoms with Crippen LogP contribution in [0.25, 0.3) is 106 Å². The average molecular weight is 1920 g/mol. The first kappa shape index (κ1) is 94.4. The molecule has 7 aliphatic rings. The molecular weight excluding hydrogens is 1810 g/mol. The van der Waals surface area contributed by atoms with E-state index in [4.69, 9.17) is 43.5 Å². The zero-order chi connectivity index (χ0) is 98.1. The Morgan fingerprint density at radius 3 is 1.23 bits per heavy atom. The highest BCUT2D eigenvalue weighted by Gasteiger charge is 2.34. The molecule has 4 aromatic carbocycles. The third-order valence-corrected chi connectivity index (χ3v) is 28.1. The molecule has 20 heterocycles. The fourth-order valence-corrected chi connectivity index (χ4v) is 20.3. The van der Waals surface area contributed by atoms with Gasteiger partial charge in [0.1, 0.15) is 28.0 Å². The lowest BCUT2D eigenvalue weighted by Gasteiger charge is -2.38. The van der Waals surface area contributed by atoms with Gasteiger partial charge in [-0.2, -0.15) is 0 Å². The van der Waals surface area contributed by atoms with Crippen molar-refractivity contribution in [2.24, 2.45) is 5.73 Å². The van der Waals surface area contributed by atoms with Gasteiger partial charge in [-0.3, -0.25) is 60.8 Å². The van der Waals surface area contributed by atoms with Gasteiger partial charge in [-0.15, -0.1) is 0 Å². The molecule has 0 saturated carbocycles. The van der Waals surface area contributed by atoms with E-state index in [-0.39, 0.29) is 45.3 Å². The minimum absolute atomic E-state index is 0.0785. The Bertz CT molecular complexity index is 7720. The molecule has 0 amide bonds. The fraction of sp³-hybridized carbons (Fsp3) is 0.324. The highest BCUT2D eigenvalue weighted by atomic mass is 19.1. The average Bonchev–Trinajstić information content (AvgIpc) is 1.32. The molecule has 7 saturated heterocycles. The number of hydrogen-bond donors (Lipinski definition) is 2. The summed E-state index contributed by atoms with van der Waals surface area (Å²) in [4.78, 5) is 110. The maximum absolute atomic E-state index is 14.0. The first-order valence-electron chi connectivity index (χ1n) is 48.3. The molecule has 0 bridgehead atoms. The van der Waals surface area contributed by atoms with Gasteiger partial charge in [0.05, 0.1) is 85.8 Å². The summed E-state index contributed by atoms with van der Waals surface area (Å²) in [6.45, 7) is 19.8. The second-order valence-electron chi connectivity index (χ2n) is 37.2. The predicted molar refractivity (Wildman–Crippen MR) is 550 cm³/mol. The van der Waals surface area contributed by atoms with Gasteiger partial charge in [-0.25, -0.2) is 33.7 Å². The van der Waals surface area contributed by atoms with Crippen LogP contribution >= 0.6 is 0 Å². The van der Waals surface area contributed by atoms with Crippen molar-refractivity contribution in [1.29, 1.82) is 0 Å². The van der Waals surface area contributed by atoms with E-state index in [1.807, 2.05) is 142 Å². The summed E-state index contributed by atoms with van der Waals surface area (Å²) in [7, 11) is 10.2. The van der Waals surface area contributed by atoms with Gasteiger partial charge in [-0.1, -0.05) is 24.3 Å². The number of pyridine rings is 8. The Balaban J connectivity index is 0.000000109. The maximum atomic E-state index is 14.0. The normalized spacial score (nSPS) is 17.3. The van der Waals surface area contributed by atoms with Crippen molar-refractivity contribution in [3.05, 3.63) is 294 Å². The Morgan fingerprint density at radius 2 is 0.775 bits per heavy atom. The number of likely N-dealkylation sites (N-methyl/N-ethyl adjacent to an activating group) is 1. The second kappa shape index (κ2) is 40.9. The van der Waals surface area contributed by atoms with Gasteiger partial charge < -0.3 is 68.2 Å². The third-order valence-electron chi connectivity index (χ3n) is 28.1. The van der Waals surface area contributed by atoms with Crippen molar-refractivity contribution < 1.29 is 36.6 Å². The summed E-state index contributed by atoms with van der Waals surface area (Å²) in [5.41, 5.74) is 23.8. The number of aryl methyl sites for hydroxylation is 2. The predicted octanol–water partition coefficient (Wildman–Crippen LogP) is 13.7. The first-order chi connectivity index (χ1) is 69.0. The molecule has 3 N–H and O–H groups in total. The Kier molecular flexibility index (Phi) is 27.2. The van der Waals surface area contributed by atoms with Crippen LogP contribution in [0.5, 0.6) is 23.0 Å². The van der Waals surface area contributed by atoms with Crippen LogP contribution in [-0.2, 0) is 0 Å². The van der Waals surface area contributed by atoms with Crippen molar-refractivity contribution in [3.8, 4) is 79.2 Å². The molecule has 1 unspecified atom stereocenters. The van der Waals surface area contributed by atoms with Crippen molar-refractivity contribution >= 4 is 78.6 Å². The number of nitrogens with one attached hydrogen (secondary N) is 1.